The average Bonchev–Trinajstić information content (AvgIpc) is 3.35. The van der Waals surface area contributed by atoms with Crippen molar-refractivity contribution in [2.24, 2.45) is 0 Å². The quantitative estimate of drug-likeness (QED) is 0.535. The Morgan fingerprint density at radius 1 is 1.04 bits per heavy atom. The van der Waals surface area contributed by atoms with E-state index < -0.39 is 0 Å². The lowest BCUT2D eigenvalue weighted by molar-refractivity contribution is 0.246. The Labute approximate surface area is 167 Å². The average molecular weight is 394 g/mol. The first-order valence-corrected chi connectivity index (χ1v) is 10.5. The van der Waals surface area contributed by atoms with E-state index in [2.05, 4.69) is 38.4 Å². The van der Waals surface area contributed by atoms with Gasteiger partial charge in [0.25, 0.3) is 5.56 Å². The van der Waals surface area contributed by atoms with Crippen LogP contribution in [0, 0.1) is 6.92 Å². The zero-order chi connectivity index (χ0) is 19.1. The number of benzene rings is 1. The standard InChI is InChI=1S/C21H23N5OS/c1-16-15-25-8-4-6-18(25)21(27)26(16)14-11-23-9-12-24(13-10-23)20-17-5-2-3-7-19(17)28-22-20/h2-8,15H,9-14H2,1H3. The third kappa shape index (κ3) is 3.00. The van der Waals surface area contributed by atoms with Gasteiger partial charge >= 0.3 is 0 Å². The summed E-state index contributed by atoms with van der Waals surface area (Å²) in [7, 11) is 0. The van der Waals surface area contributed by atoms with Crippen molar-refractivity contribution < 1.29 is 0 Å². The second-order valence-electron chi connectivity index (χ2n) is 7.36. The van der Waals surface area contributed by atoms with Crippen LogP contribution in [0.3, 0.4) is 0 Å². The molecule has 3 aromatic heterocycles. The van der Waals surface area contributed by atoms with Crippen molar-refractivity contribution in [2.75, 3.05) is 37.6 Å². The van der Waals surface area contributed by atoms with Crippen LogP contribution >= 0.6 is 11.5 Å². The van der Waals surface area contributed by atoms with Crippen LogP contribution in [0.4, 0.5) is 5.82 Å². The number of piperazine rings is 1. The Morgan fingerprint density at radius 3 is 2.71 bits per heavy atom. The number of hydrogen-bond acceptors (Lipinski definition) is 5. The Kier molecular flexibility index (Phi) is 4.41. The molecule has 0 aliphatic carbocycles. The Balaban J connectivity index is 1.25. The van der Waals surface area contributed by atoms with Crippen LogP contribution in [0.15, 0.2) is 53.6 Å². The van der Waals surface area contributed by atoms with Crippen molar-refractivity contribution in [3.63, 3.8) is 0 Å². The molecule has 1 aliphatic heterocycles. The summed E-state index contributed by atoms with van der Waals surface area (Å²) in [5, 5.41) is 1.25. The molecule has 0 amide bonds. The van der Waals surface area contributed by atoms with Crippen molar-refractivity contribution in [1.29, 1.82) is 0 Å². The lowest BCUT2D eigenvalue weighted by Crippen LogP contribution is -2.47. The summed E-state index contributed by atoms with van der Waals surface area (Å²) < 4.78 is 9.74. The van der Waals surface area contributed by atoms with Gasteiger partial charge in [-0.25, -0.2) is 0 Å². The van der Waals surface area contributed by atoms with Crippen LogP contribution in [-0.2, 0) is 6.54 Å². The number of fused-ring (bicyclic) bond motifs is 2. The second-order valence-corrected chi connectivity index (χ2v) is 8.16. The fourth-order valence-electron chi connectivity index (χ4n) is 4.06. The number of aromatic nitrogens is 3. The maximum Gasteiger partial charge on any atom is 0.275 e. The fraction of sp³-hybridized carbons (Fsp3) is 0.333. The van der Waals surface area contributed by atoms with Gasteiger partial charge in [-0.3, -0.25) is 9.69 Å². The van der Waals surface area contributed by atoms with E-state index in [1.807, 2.05) is 40.4 Å². The van der Waals surface area contributed by atoms with E-state index in [-0.39, 0.29) is 5.56 Å². The van der Waals surface area contributed by atoms with Gasteiger partial charge in [0, 0.05) is 62.7 Å². The van der Waals surface area contributed by atoms with Crippen LogP contribution < -0.4 is 10.5 Å². The molecule has 28 heavy (non-hydrogen) atoms. The van der Waals surface area contributed by atoms with Crippen LogP contribution in [-0.4, -0.2) is 51.0 Å². The van der Waals surface area contributed by atoms with Crippen molar-refractivity contribution >= 4 is 33.0 Å². The molecule has 0 spiro atoms. The van der Waals surface area contributed by atoms with Crippen LogP contribution in [0.25, 0.3) is 15.6 Å². The second kappa shape index (κ2) is 7.07. The van der Waals surface area contributed by atoms with Gasteiger partial charge in [-0.05, 0) is 42.7 Å². The maximum atomic E-state index is 12.7. The third-order valence-electron chi connectivity index (χ3n) is 5.66. The number of anilines is 1. The zero-order valence-corrected chi connectivity index (χ0v) is 16.7. The first-order chi connectivity index (χ1) is 13.7. The van der Waals surface area contributed by atoms with E-state index in [1.54, 1.807) is 11.5 Å². The number of nitrogens with zero attached hydrogens (tertiary/aromatic N) is 5. The summed E-state index contributed by atoms with van der Waals surface area (Å²) in [6.07, 6.45) is 3.96. The Bertz CT molecular complexity index is 1180. The largest absolute Gasteiger partial charge is 0.353 e. The monoisotopic (exact) mass is 393 g/mol. The highest BCUT2D eigenvalue weighted by Gasteiger charge is 2.20. The lowest BCUT2D eigenvalue weighted by atomic mass is 10.2. The zero-order valence-electron chi connectivity index (χ0n) is 15.9. The number of rotatable bonds is 4. The van der Waals surface area contributed by atoms with E-state index in [1.165, 1.54) is 10.1 Å². The topological polar surface area (TPSA) is 45.8 Å². The number of hydrogen-bond donors (Lipinski definition) is 0. The van der Waals surface area contributed by atoms with Crippen molar-refractivity contribution in [3.05, 3.63) is 64.8 Å². The summed E-state index contributed by atoms with van der Waals surface area (Å²) in [5.74, 6) is 1.12. The van der Waals surface area contributed by atoms with E-state index in [9.17, 15) is 4.79 Å². The summed E-state index contributed by atoms with van der Waals surface area (Å²) in [6.45, 7) is 7.56. The normalized spacial score (nSPS) is 15.7. The van der Waals surface area contributed by atoms with Crippen LogP contribution in [0.5, 0.6) is 0 Å². The van der Waals surface area contributed by atoms with Crippen LogP contribution in [0.2, 0.25) is 0 Å². The van der Waals surface area contributed by atoms with Crippen molar-refractivity contribution in [3.8, 4) is 0 Å². The molecule has 1 aliphatic rings. The molecule has 7 heteroatoms. The van der Waals surface area contributed by atoms with Gasteiger partial charge in [0.2, 0.25) is 0 Å². The molecule has 5 rings (SSSR count). The van der Waals surface area contributed by atoms with E-state index in [4.69, 9.17) is 0 Å². The highest BCUT2D eigenvalue weighted by atomic mass is 32.1. The minimum Gasteiger partial charge on any atom is -0.353 e. The van der Waals surface area contributed by atoms with Gasteiger partial charge in [0.15, 0.2) is 0 Å². The summed E-state index contributed by atoms with van der Waals surface area (Å²) in [4.78, 5) is 17.6. The minimum absolute atomic E-state index is 0.0950. The predicted molar refractivity (Wildman–Crippen MR) is 115 cm³/mol. The molecule has 0 N–H and O–H groups in total. The molecule has 1 aromatic carbocycles. The van der Waals surface area contributed by atoms with Gasteiger partial charge < -0.3 is 13.9 Å². The molecular weight excluding hydrogens is 370 g/mol. The van der Waals surface area contributed by atoms with Crippen molar-refractivity contribution in [2.45, 2.75) is 13.5 Å². The predicted octanol–water partition coefficient (Wildman–Crippen LogP) is 2.84. The SMILES string of the molecule is Cc1cn2cccc2c(=O)n1CCN1CCN(c2nsc3ccccc23)CC1. The minimum atomic E-state index is 0.0950. The summed E-state index contributed by atoms with van der Waals surface area (Å²) >= 11 is 1.58. The van der Waals surface area contributed by atoms with Crippen molar-refractivity contribution in [1.82, 2.24) is 18.2 Å². The highest BCUT2D eigenvalue weighted by Crippen LogP contribution is 2.29. The molecule has 1 fully saturated rings. The molecule has 144 valence electrons. The molecule has 0 atom stereocenters. The van der Waals surface area contributed by atoms with Gasteiger partial charge in [-0.1, -0.05) is 12.1 Å². The first-order valence-electron chi connectivity index (χ1n) is 9.69. The van der Waals surface area contributed by atoms with Crippen LogP contribution in [0.1, 0.15) is 5.69 Å². The smallest absolute Gasteiger partial charge is 0.275 e. The van der Waals surface area contributed by atoms with E-state index in [0.717, 1.165) is 56.3 Å². The summed E-state index contributed by atoms with van der Waals surface area (Å²) in [5.41, 5.74) is 1.84. The van der Waals surface area contributed by atoms with E-state index in [0.29, 0.717) is 0 Å². The van der Waals surface area contributed by atoms with Gasteiger partial charge in [-0.15, -0.1) is 0 Å². The molecule has 0 unspecified atom stereocenters. The maximum absolute atomic E-state index is 12.7. The molecule has 4 heterocycles. The van der Waals surface area contributed by atoms with Gasteiger partial charge in [0.05, 0.1) is 4.70 Å². The Morgan fingerprint density at radius 2 is 1.86 bits per heavy atom. The van der Waals surface area contributed by atoms with Gasteiger partial charge in [-0.2, -0.15) is 4.37 Å². The molecule has 4 aromatic rings. The van der Waals surface area contributed by atoms with E-state index >= 15 is 0 Å². The third-order valence-corrected chi connectivity index (χ3v) is 6.48. The molecular formula is C21H23N5OS. The number of aryl methyl sites for hydroxylation is 1. The molecule has 0 bridgehead atoms. The highest BCUT2D eigenvalue weighted by molar-refractivity contribution is 7.13. The first kappa shape index (κ1) is 17.5. The molecule has 0 saturated carbocycles. The summed E-state index contributed by atoms with van der Waals surface area (Å²) in [6, 6.07) is 12.2. The molecule has 1 saturated heterocycles. The molecule has 0 radical (unpaired) electrons. The molecule has 6 nitrogen and oxygen atoms in total. The fourth-order valence-corrected chi connectivity index (χ4v) is 4.86. The lowest BCUT2D eigenvalue weighted by Gasteiger charge is -2.35. The Hall–Kier alpha value is -2.64. The van der Waals surface area contributed by atoms with Gasteiger partial charge in [0.1, 0.15) is 11.3 Å².